The number of thiophene rings is 2. The van der Waals surface area contributed by atoms with Gasteiger partial charge in [-0.05, 0) is 30.3 Å². The largest absolute Gasteiger partial charge is 0.355 e. The van der Waals surface area contributed by atoms with Gasteiger partial charge in [-0.1, -0.05) is 42.5 Å². The van der Waals surface area contributed by atoms with E-state index in [1.54, 1.807) is 0 Å². The maximum Gasteiger partial charge on any atom is 0.0542 e. The van der Waals surface area contributed by atoms with E-state index in [2.05, 4.69) is 59.9 Å². The Morgan fingerprint density at radius 1 is 0.565 bits per heavy atom. The summed E-state index contributed by atoms with van der Waals surface area (Å²) in [7, 11) is 0. The minimum absolute atomic E-state index is 1.12. The van der Waals surface area contributed by atoms with Crippen LogP contribution in [0.15, 0.2) is 72.8 Å². The molecule has 0 bridgehead atoms. The maximum atomic E-state index is 3.48. The maximum absolute atomic E-state index is 3.48. The fourth-order valence-corrected chi connectivity index (χ4v) is 5.66. The lowest BCUT2D eigenvalue weighted by molar-refractivity contribution is 1.57. The second-order valence-corrected chi connectivity index (χ2v) is 7.66. The molecule has 3 aromatic carbocycles. The van der Waals surface area contributed by atoms with Crippen molar-refractivity contribution in [1.82, 2.24) is 0 Å². The summed E-state index contributed by atoms with van der Waals surface area (Å²) >= 11 is 3.79. The van der Waals surface area contributed by atoms with Crippen LogP contribution in [0, 0.1) is 0 Å². The van der Waals surface area contributed by atoms with Gasteiger partial charge in [0.2, 0.25) is 0 Å². The zero-order chi connectivity index (χ0) is 15.2. The van der Waals surface area contributed by atoms with Gasteiger partial charge >= 0.3 is 0 Å². The van der Waals surface area contributed by atoms with Crippen LogP contribution in [-0.2, 0) is 0 Å². The van der Waals surface area contributed by atoms with Crippen LogP contribution in [0.5, 0.6) is 0 Å². The normalized spacial score (nSPS) is 11.5. The summed E-state index contributed by atoms with van der Waals surface area (Å²) in [6, 6.07) is 25.7. The first-order valence-electron chi connectivity index (χ1n) is 7.54. The van der Waals surface area contributed by atoms with E-state index in [9.17, 15) is 0 Å². The molecular weight excluding hydrogens is 318 g/mol. The predicted octanol–water partition coefficient (Wildman–Crippen LogP) is 7.01. The third-order valence-electron chi connectivity index (χ3n) is 4.05. The Kier molecular flexibility index (Phi) is 2.90. The molecule has 23 heavy (non-hydrogen) atoms. The lowest BCUT2D eigenvalue weighted by atomic mass is 10.2. The highest BCUT2D eigenvalue weighted by Crippen LogP contribution is 2.44. The molecule has 0 amide bonds. The number of hydrogen-bond acceptors (Lipinski definition) is 3. The molecule has 0 radical (unpaired) electrons. The summed E-state index contributed by atoms with van der Waals surface area (Å²) in [6.07, 6.45) is 0. The van der Waals surface area contributed by atoms with E-state index < -0.39 is 0 Å². The predicted molar refractivity (Wildman–Crippen MR) is 104 cm³/mol. The number of nitrogens with one attached hydrogen (secondary N) is 1. The smallest absolute Gasteiger partial charge is 0.0542 e. The van der Waals surface area contributed by atoms with Crippen LogP contribution in [0.25, 0.3) is 29.6 Å². The summed E-state index contributed by atoms with van der Waals surface area (Å²) in [5.41, 5.74) is 2.26. The molecule has 2 aromatic heterocycles. The van der Waals surface area contributed by atoms with E-state index in [1.165, 1.54) is 29.6 Å². The van der Waals surface area contributed by atoms with Crippen molar-refractivity contribution < 1.29 is 0 Å². The lowest BCUT2D eigenvalue weighted by Gasteiger charge is -2.05. The first-order valence-corrected chi connectivity index (χ1v) is 9.18. The monoisotopic (exact) mass is 331 g/mol. The van der Waals surface area contributed by atoms with Crippen LogP contribution in [0.4, 0.5) is 11.4 Å². The molecule has 0 saturated heterocycles. The summed E-state index contributed by atoms with van der Waals surface area (Å²) < 4.78 is 5.55. The Hall–Kier alpha value is -2.36. The number of hydrogen-bond donors (Lipinski definition) is 1. The zero-order valence-electron chi connectivity index (χ0n) is 12.2. The molecule has 0 unspecified atom stereocenters. The molecule has 5 rings (SSSR count). The number of benzene rings is 3. The van der Waals surface area contributed by atoms with E-state index in [1.807, 2.05) is 40.9 Å². The Labute approximate surface area is 141 Å². The Balaban J connectivity index is 1.67. The minimum atomic E-state index is 1.12. The van der Waals surface area contributed by atoms with Crippen LogP contribution in [-0.4, -0.2) is 0 Å². The number of fused-ring (bicyclic) bond motifs is 5. The first-order chi connectivity index (χ1) is 11.4. The van der Waals surface area contributed by atoms with Crippen molar-refractivity contribution in [2.24, 2.45) is 0 Å². The highest BCUT2D eigenvalue weighted by Gasteiger charge is 2.11. The van der Waals surface area contributed by atoms with Gasteiger partial charge in [0.05, 0.1) is 9.40 Å². The average Bonchev–Trinajstić information content (AvgIpc) is 3.11. The average molecular weight is 331 g/mol. The zero-order valence-corrected chi connectivity index (χ0v) is 13.9. The van der Waals surface area contributed by atoms with Gasteiger partial charge in [0.1, 0.15) is 0 Å². The summed E-state index contributed by atoms with van der Waals surface area (Å²) in [5.74, 6) is 0. The van der Waals surface area contributed by atoms with E-state index >= 15 is 0 Å². The summed E-state index contributed by atoms with van der Waals surface area (Å²) in [6.45, 7) is 0. The van der Waals surface area contributed by atoms with Gasteiger partial charge in [-0.25, -0.2) is 0 Å². The Bertz CT molecular complexity index is 1140. The van der Waals surface area contributed by atoms with Crippen molar-refractivity contribution in [1.29, 1.82) is 0 Å². The number of anilines is 2. The third kappa shape index (κ3) is 2.12. The van der Waals surface area contributed by atoms with Crippen LogP contribution < -0.4 is 5.32 Å². The molecule has 0 saturated carbocycles. The SMILES string of the molecule is c1ccc(Nc2ccc3c(c2)sc2c4ccccc4sc32)cc1. The molecule has 0 fully saturated rings. The fraction of sp³-hybridized carbons (Fsp3) is 0. The van der Waals surface area contributed by atoms with Gasteiger partial charge in [0, 0.05) is 31.5 Å². The molecule has 0 aliphatic heterocycles. The Morgan fingerprint density at radius 3 is 2.13 bits per heavy atom. The van der Waals surface area contributed by atoms with Crippen molar-refractivity contribution in [3.8, 4) is 0 Å². The van der Waals surface area contributed by atoms with E-state index in [-0.39, 0.29) is 0 Å². The second-order valence-electron chi connectivity index (χ2n) is 5.56. The molecule has 0 atom stereocenters. The van der Waals surface area contributed by atoms with E-state index in [0.717, 1.165) is 11.4 Å². The van der Waals surface area contributed by atoms with Crippen molar-refractivity contribution >= 4 is 63.6 Å². The van der Waals surface area contributed by atoms with Gasteiger partial charge in [-0.2, -0.15) is 0 Å². The van der Waals surface area contributed by atoms with Crippen molar-refractivity contribution in [2.75, 3.05) is 5.32 Å². The summed E-state index contributed by atoms with van der Waals surface area (Å²) in [4.78, 5) is 0. The molecule has 1 nitrogen and oxygen atoms in total. The molecule has 0 aliphatic rings. The topological polar surface area (TPSA) is 12.0 Å². The van der Waals surface area contributed by atoms with Crippen molar-refractivity contribution in [2.45, 2.75) is 0 Å². The van der Waals surface area contributed by atoms with Gasteiger partial charge < -0.3 is 5.32 Å². The standard InChI is InChI=1S/C20H13NS2/c1-2-6-13(7-3-1)21-14-10-11-16-18(12-14)23-19-15-8-4-5-9-17(15)22-20(16)19/h1-12,21H. The van der Waals surface area contributed by atoms with Crippen LogP contribution in [0.1, 0.15) is 0 Å². The quantitative estimate of drug-likeness (QED) is 0.367. The van der Waals surface area contributed by atoms with Gasteiger partial charge in [-0.15, -0.1) is 22.7 Å². The molecule has 1 N–H and O–H groups in total. The molecular formula is C20H13NS2. The summed E-state index contributed by atoms with van der Waals surface area (Å²) in [5, 5.41) is 6.23. The lowest BCUT2D eigenvalue weighted by Crippen LogP contribution is -1.88. The molecule has 0 spiro atoms. The first kappa shape index (κ1) is 13.1. The fourth-order valence-electron chi connectivity index (χ4n) is 2.97. The number of rotatable bonds is 2. The second kappa shape index (κ2) is 5.08. The van der Waals surface area contributed by atoms with Gasteiger partial charge in [-0.3, -0.25) is 0 Å². The van der Waals surface area contributed by atoms with Crippen LogP contribution in [0.3, 0.4) is 0 Å². The van der Waals surface area contributed by atoms with Gasteiger partial charge in [0.15, 0.2) is 0 Å². The molecule has 2 heterocycles. The van der Waals surface area contributed by atoms with Crippen LogP contribution >= 0.6 is 22.7 Å². The molecule has 3 heteroatoms. The molecule has 0 aliphatic carbocycles. The third-order valence-corrected chi connectivity index (χ3v) is 6.57. The van der Waals surface area contributed by atoms with Crippen molar-refractivity contribution in [3.05, 3.63) is 72.8 Å². The van der Waals surface area contributed by atoms with Crippen molar-refractivity contribution in [3.63, 3.8) is 0 Å². The Morgan fingerprint density at radius 2 is 1.26 bits per heavy atom. The minimum Gasteiger partial charge on any atom is -0.355 e. The van der Waals surface area contributed by atoms with Gasteiger partial charge in [0.25, 0.3) is 0 Å². The number of para-hydroxylation sites is 1. The van der Waals surface area contributed by atoms with E-state index in [0.29, 0.717) is 0 Å². The molecule has 5 aromatic rings. The highest BCUT2D eigenvalue weighted by molar-refractivity contribution is 7.36. The molecule has 110 valence electrons. The van der Waals surface area contributed by atoms with Crippen LogP contribution in [0.2, 0.25) is 0 Å². The van der Waals surface area contributed by atoms with E-state index in [4.69, 9.17) is 0 Å². The highest BCUT2D eigenvalue weighted by atomic mass is 32.1.